The molecule has 0 saturated carbocycles. The number of allylic oxidation sites excluding steroid dienone is 2. The fourth-order valence-corrected chi connectivity index (χ4v) is 5.64. The van der Waals surface area contributed by atoms with E-state index in [1.54, 1.807) is 19.9 Å². The minimum Gasteiger partial charge on any atom is -0.462 e. The van der Waals surface area contributed by atoms with Crippen LogP contribution in [0, 0.1) is 11.3 Å². The van der Waals surface area contributed by atoms with Crippen molar-refractivity contribution in [2.45, 2.75) is 98.6 Å². The fourth-order valence-electron chi connectivity index (χ4n) is 5.64. The van der Waals surface area contributed by atoms with Crippen LogP contribution in [0.2, 0.25) is 0 Å². The van der Waals surface area contributed by atoms with E-state index in [4.69, 9.17) is 18.9 Å². The van der Waals surface area contributed by atoms with Crippen LogP contribution in [0.5, 0.6) is 0 Å². The summed E-state index contributed by atoms with van der Waals surface area (Å²) in [6.45, 7) is 11.9. The van der Waals surface area contributed by atoms with Gasteiger partial charge in [-0.15, -0.1) is 0 Å². The molecule has 0 aromatic rings. The van der Waals surface area contributed by atoms with Gasteiger partial charge < -0.3 is 18.9 Å². The van der Waals surface area contributed by atoms with Crippen molar-refractivity contribution < 1.29 is 38.1 Å². The Morgan fingerprint density at radius 3 is 2.31 bits per heavy atom. The SMILES string of the molecule is CCC(=O)O[C@@H]1CCC(C)=C[C@@H]2OC(=O)C(C)=C2C[C@H]2C(C)=C[C@H](OC(C)=O)[C@H](OC(C)=O)[C@]12C. The van der Waals surface area contributed by atoms with E-state index in [9.17, 15) is 19.2 Å². The maximum atomic E-state index is 12.6. The van der Waals surface area contributed by atoms with Gasteiger partial charge in [-0.1, -0.05) is 25.0 Å². The van der Waals surface area contributed by atoms with Crippen molar-refractivity contribution in [1.29, 1.82) is 0 Å². The summed E-state index contributed by atoms with van der Waals surface area (Å²) in [6, 6.07) is 0. The quantitative estimate of drug-likeness (QED) is 0.331. The number of carbonyl (C=O) groups excluding carboxylic acids is 4. The Balaban J connectivity index is 2.24. The summed E-state index contributed by atoms with van der Waals surface area (Å²) in [4.78, 5) is 49.3. The molecule has 0 bridgehead atoms. The molecular weight excluding hydrogens is 452 g/mol. The molecule has 8 nitrogen and oxygen atoms in total. The summed E-state index contributed by atoms with van der Waals surface area (Å²) in [6.07, 6.45) is 2.61. The van der Waals surface area contributed by atoms with Crippen molar-refractivity contribution in [1.82, 2.24) is 0 Å². The largest absolute Gasteiger partial charge is 0.462 e. The van der Waals surface area contributed by atoms with Gasteiger partial charge in [0.05, 0.1) is 5.41 Å². The van der Waals surface area contributed by atoms with Gasteiger partial charge in [-0.2, -0.15) is 0 Å². The monoisotopic (exact) mass is 488 g/mol. The van der Waals surface area contributed by atoms with Gasteiger partial charge in [-0.3, -0.25) is 14.4 Å². The van der Waals surface area contributed by atoms with Crippen LogP contribution in [0.1, 0.15) is 74.1 Å². The predicted octanol–water partition coefficient (Wildman–Crippen LogP) is 4.13. The van der Waals surface area contributed by atoms with Crippen molar-refractivity contribution >= 4 is 23.9 Å². The first-order valence-electron chi connectivity index (χ1n) is 12.2. The van der Waals surface area contributed by atoms with E-state index in [0.717, 1.165) is 16.7 Å². The molecule has 3 rings (SSSR count). The third-order valence-electron chi connectivity index (χ3n) is 7.52. The second-order valence-electron chi connectivity index (χ2n) is 10.00. The first kappa shape index (κ1) is 26.7. The Hall–Kier alpha value is -2.90. The lowest BCUT2D eigenvalue weighted by Crippen LogP contribution is -2.59. The average molecular weight is 489 g/mol. The zero-order valence-corrected chi connectivity index (χ0v) is 21.6. The van der Waals surface area contributed by atoms with E-state index >= 15 is 0 Å². The highest BCUT2D eigenvalue weighted by Gasteiger charge is 2.57. The number of fused-ring (bicyclic) bond motifs is 2. The third-order valence-corrected chi connectivity index (χ3v) is 7.52. The normalized spacial score (nSPS) is 32.9. The minimum atomic E-state index is -0.948. The Labute approximate surface area is 206 Å². The standard InChI is InChI=1S/C27H36O8/c1-8-24(30)35-23-10-9-14(2)11-21-19(16(4)26(31)34-21)13-20-15(3)12-22(32-17(5)28)25(27(20,23)7)33-18(6)29/h11-12,20-23,25H,8-10,13H2,1-7H3/t20-,21-,22-,23+,25-,27-/m0/s1. The summed E-state index contributed by atoms with van der Waals surface area (Å²) in [7, 11) is 0. The minimum absolute atomic E-state index is 0.196. The van der Waals surface area contributed by atoms with Crippen LogP contribution in [0.3, 0.4) is 0 Å². The lowest BCUT2D eigenvalue weighted by atomic mass is 9.58. The molecule has 8 heteroatoms. The number of esters is 4. The van der Waals surface area contributed by atoms with E-state index < -0.39 is 41.8 Å². The first-order chi connectivity index (χ1) is 16.4. The Morgan fingerprint density at radius 2 is 1.71 bits per heavy atom. The van der Waals surface area contributed by atoms with Gasteiger partial charge in [0.2, 0.25) is 0 Å². The van der Waals surface area contributed by atoms with Crippen LogP contribution in [0.15, 0.2) is 34.4 Å². The van der Waals surface area contributed by atoms with Crippen molar-refractivity contribution in [3.8, 4) is 0 Å². The van der Waals surface area contributed by atoms with E-state index in [0.29, 0.717) is 24.8 Å². The van der Waals surface area contributed by atoms with E-state index in [1.165, 1.54) is 13.8 Å². The van der Waals surface area contributed by atoms with Crippen LogP contribution in [0.4, 0.5) is 0 Å². The highest BCUT2D eigenvalue weighted by molar-refractivity contribution is 5.92. The van der Waals surface area contributed by atoms with Crippen LogP contribution in [-0.2, 0) is 38.1 Å². The maximum absolute atomic E-state index is 12.6. The van der Waals surface area contributed by atoms with Crippen LogP contribution in [0.25, 0.3) is 0 Å². The molecule has 0 aromatic heterocycles. The van der Waals surface area contributed by atoms with Gasteiger partial charge in [0.1, 0.15) is 12.2 Å². The molecule has 0 fully saturated rings. The van der Waals surface area contributed by atoms with Crippen LogP contribution < -0.4 is 0 Å². The van der Waals surface area contributed by atoms with Gasteiger partial charge in [0.15, 0.2) is 12.2 Å². The van der Waals surface area contributed by atoms with E-state index in [2.05, 4.69) is 0 Å². The maximum Gasteiger partial charge on any atom is 0.334 e. The molecule has 0 amide bonds. The van der Waals surface area contributed by atoms with E-state index in [-0.39, 0.29) is 24.3 Å². The lowest BCUT2D eigenvalue weighted by Gasteiger charge is -2.52. The zero-order chi connectivity index (χ0) is 26.1. The molecule has 2 aliphatic carbocycles. The number of hydrogen-bond donors (Lipinski definition) is 0. The number of rotatable bonds is 4. The van der Waals surface area contributed by atoms with Crippen molar-refractivity contribution in [2.24, 2.45) is 11.3 Å². The molecule has 1 aliphatic heterocycles. The Kier molecular flexibility index (Phi) is 7.92. The molecule has 0 aromatic carbocycles. The summed E-state index contributed by atoms with van der Waals surface area (Å²) in [5.41, 5.74) is 2.37. The molecular formula is C27H36O8. The number of hydrogen-bond acceptors (Lipinski definition) is 8. The van der Waals surface area contributed by atoms with E-state index in [1.807, 2.05) is 26.8 Å². The second kappa shape index (κ2) is 10.4. The molecule has 0 N–H and O–H groups in total. The molecule has 6 atom stereocenters. The fraction of sp³-hybridized carbons (Fsp3) is 0.630. The molecule has 0 spiro atoms. The molecule has 3 aliphatic rings. The van der Waals surface area contributed by atoms with Gasteiger partial charge in [-0.05, 0) is 63.7 Å². The predicted molar refractivity (Wildman–Crippen MR) is 127 cm³/mol. The lowest BCUT2D eigenvalue weighted by molar-refractivity contribution is -0.198. The summed E-state index contributed by atoms with van der Waals surface area (Å²) >= 11 is 0. The van der Waals surface area contributed by atoms with Crippen molar-refractivity contribution in [3.05, 3.63) is 34.4 Å². The second-order valence-corrected chi connectivity index (χ2v) is 10.00. The van der Waals surface area contributed by atoms with Crippen LogP contribution in [-0.4, -0.2) is 48.3 Å². The smallest absolute Gasteiger partial charge is 0.334 e. The first-order valence-corrected chi connectivity index (χ1v) is 12.2. The summed E-state index contributed by atoms with van der Waals surface area (Å²) < 4.78 is 23.1. The van der Waals surface area contributed by atoms with Gasteiger partial charge in [-0.25, -0.2) is 4.79 Å². The van der Waals surface area contributed by atoms with Gasteiger partial charge in [0.25, 0.3) is 0 Å². The number of ether oxygens (including phenoxy) is 4. The molecule has 1 heterocycles. The van der Waals surface area contributed by atoms with Crippen LogP contribution >= 0.6 is 0 Å². The Morgan fingerprint density at radius 1 is 1.06 bits per heavy atom. The number of carbonyl (C=O) groups is 4. The zero-order valence-electron chi connectivity index (χ0n) is 21.6. The van der Waals surface area contributed by atoms with Gasteiger partial charge in [0, 0.05) is 25.8 Å². The molecule has 0 unspecified atom stereocenters. The summed E-state index contributed by atoms with van der Waals surface area (Å²) in [5, 5.41) is 0. The van der Waals surface area contributed by atoms with Crippen molar-refractivity contribution in [3.63, 3.8) is 0 Å². The molecule has 0 radical (unpaired) electrons. The molecule has 192 valence electrons. The topological polar surface area (TPSA) is 105 Å². The van der Waals surface area contributed by atoms with Crippen molar-refractivity contribution in [2.75, 3.05) is 0 Å². The molecule has 0 saturated heterocycles. The highest BCUT2D eigenvalue weighted by atomic mass is 16.6. The van der Waals surface area contributed by atoms with Gasteiger partial charge >= 0.3 is 23.9 Å². The summed E-state index contributed by atoms with van der Waals surface area (Å²) in [5.74, 6) is -2.02. The average Bonchev–Trinajstić information content (AvgIpc) is 3.02. The Bertz CT molecular complexity index is 1000. The third kappa shape index (κ3) is 5.36. The highest BCUT2D eigenvalue weighted by Crippen LogP contribution is 2.52. The molecule has 35 heavy (non-hydrogen) atoms.